The summed E-state index contributed by atoms with van der Waals surface area (Å²) in [6.45, 7) is -2.59. The van der Waals surface area contributed by atoms with Gasteiger partial charge in [-0.3, -0.25) is 34.0 Å². The normalized spacial score (nSPS) is 20.1. The van der Waals surface area contributed by atoms with Crippen molar-refractivity contribution in [2.45, 2.75) is 30.7 Å². The number of aliphatic hydroxyl groups excluding tert-OH is 2. The summed E-state index contributed by atoms with van der Waals surface area (Å²) in [6.07, 6.45) is -9.15. The Kier molecular flexibility index (Phi) is 9.91. The summed E-state index contributed by atoms with van der Waals surface area (Å²) >= 11 is 0. The average molecular weight is 614 g/mol. The topological polar surface area (TPSA) is 219 Å². The van der Waals surface area contributed by atoms with Gasteiger partial charge in [0, 0.05) is 13.1 Å². The van der Waals surface area contributed by atoms with Crippen LogP contribution in [0.15, 0.2) is 41.5 Å². The van der Waals surface area contributed by atoms with Crippen LogP contribution in [0.3, 0.4) is 0 Å². The molecule has 19 heteroatoms. The van der Waals surface area contributed by atoms with E-state index in [1.807, 2.05) is 0 Å². The zero-order valence-electron chi connectivity index (χ0n) is 22.0. The predicted octanol–water partition coefficient (Wildman–Crippen LogP) is -1.43. The molecule has 16 nitrogen and oxygen atoms in total. The molecule has 4 atom stereocenters. The summed E-state index contributed by atoms with van der Waals surface area (Å²) in [4.78, 5) is 58.6. The van der Waals surface area contributed by atoms with Gasteiger partial charge in [0.15, 0.2) is 24.0 Å². The number of benzene rings is 1. The number of amides is 3. The smallest absolute Gasteiger partial charge is 0.471 e. The Morgan fingerprint density at radius 3 is 2.51 bits per heavy atom. The minimum absolute atomic E-state index is 0.0997. The molecule has 0 radical (unpaired) electrons. The number of imidazole rings is 1. The number of para-hydroxylation sites is 1. The van der Waals surface area contributed by atoms with Crippen LogP contribution in [0.4, 0.5) is 19.1 Å². The molecule has 0 aliphatic carbocycles. The number of halogens is 3. The van der Waals surface area contributed by atoms with Crippen molar-refractivity contribution >= 4 is 34.8 Å². The molecule has 1 aromatic carbocycles. The Morgan fingerprint density at radius 2 is 1.81 bits per heavy atom. The zero-order valence-corrected chi connectivity index (χ0v) is 22.0. The van der Waals surface area contributed by atoms with Crippen LogP contribution in [0, 0.1) is 0 Å². The summed E-state index contributed by atoms with van der Waals surface area (Å²) in [5.41, 5.74) is -0.992. The monoisotopic (exact) mass is 613 g/mol. The van der Waals surface area contributed by atoms with Crippen molar-refractivity contribution < 1.29 is 52.0 Å². The summed E-state index contributed by atoms with van der Waals surface area (Å²) in [5.74, 6) is -3.42. The molecule has 232 valence electrons. The molecule has 2 aromatic heterocycles. The van der Waals surface area contributed by atoms with Gasteiger partial charge in [0.1, 0.15) is 30.7 Å². The highest BCUT2D eigenvalue weighted by Gasteiger charge is 2.46. The molecule has 1 saturated heterocycles. The van der Waals surface area contributed by atoms with E-state index in [2.05, 4.69) is 25.6 Å². The van der Waals surface area contributed by atoms with Crippen LogP contribution >= 0.6 is 0 Å². The molecule has 6 N–H and O–H groups in total. The number of aromatic amines is 1. The van der Waals surface area contributed by atoms with Crippen molar-refractivity contribution in [2.75, 3.05) is 38.2 Å². The number of anilines is 1. The molecule has 3 heterocycles. The maximum atomic E-state index is 12.6. The lowest BCUT2D eigenvalue weighted by Gasteiger charge is -2.22. The third-order valence-electron chi connectivity index (χ3n) is 5.97. The number of aliphatic hydroxyl groups is 2. The molecule has 0 bridgehead atoms. The number of H-pyrrole nitrogens is 1. The van der Waals surface area contributed by atoms with Crippen molar-refractivity contribution in [1.82, 2.24) is 30.2 Å². The molecular formula is C24H26F3N7O9. The lowest BCUT2D eigenvalue weighted by Crippen LogP contribution is -2.42. The molecule has 1 aliphatic rings. The van der Waals surface area contributed by atoms with Crippen LogP contribution in [0.2, 0.25) is 0 Å². The van der Waals surface area contributed by atoms with Gasteiger partial charge in [0.2, 0.25) is 11.9 Å². The van der Waals surface area contributed by atoms with Gasteiger partial charge in [-0.05, 0) is 12.1 Å². The van der Waals surface area contributed by atoms with E-state index < -0.39 is 80.4 Å². The highest BCUT2D eigenvalue weighted by molar-refractivity contribution is 5.90. The van der Waals surface area contributed by atoms with Crippen LogP contribution in [0.25, 0.3) is 11.2 Å². The third-order valence-corrected chi connectivity index (χ3v) is 5.97. The summed E-state index contributed by atoms with van der Waals surface area (Å²) < 4.78 is 54.5. The van der Waals surface area contributed by atoms with Gasteiger partial charge >= 0.3 is 12.1 Å². The SMILES string of the molecule is O=C(CO[C@@H]1[C@H](O)[C@@H](CO)O[C@H]1n1cnc2c(=O)[nH]c(NC(=O)COc3ccccc3)nc21)NCCNC(=O)C(F)(F)F. The van der Waals surface area contributed by atoms with Crippen LogP contribution in [-0.4, -0.2) is 105 Å². The van der Waals surface area contributed by atoms with Crippen molar-refractivity contribution in [3.05, 3.63) is 47.0 Å². The Balaban J connectivity index is 1.42. The van der Waals surface area contributed by atoms with Crippen molar-refractivity contribution in [3.63, 3.8) is 0 Å². The Bertz CT molecular complexity index is 1500. The van der Waals surface area contributed by atoms with Gasteiger partial charge in [-0.25, -0.2) is 4.98 Å². The largest absolute Gasteiger partial charge is 0.484 e. The van der Waals surface area contributed by atoms with E-state index in [4.69, 9.17) is 14.2 Å². The van der Waals surface area contributed by atoms with Crippen molar-refractivity contribution in [1.29, 1.82) is 0 Å². The average Bonchev–Trinajstić information content (AvgIpc) is 3.53. The molecule has 3 aromatic rings. The molecule has 43 heavy (non-hydrogen) atoms. The number of ether oxygens (including phenoxy) is 3. The van der Waals surface area contributed by atoms with Gasteiger partial charge in [-0.1, -0.05) is 18.2 Å². The van der Waals surface area contributed by atoms with Gasteiger partial charge in [0.05, 0.1) is 12.9 Å². The zero-order chi connectivity index (χ0) is 31.1. The first kappa shape index (κ1) is 31.3. The maximum Gasteiger partial charge on any atom is 0.471 e. The van der Waals surface area contributed by atoms with Crippen LogP contribution < -0.4 is 26.2 Å². The first-order valence-electron chi connectivity index (χ1n) is 12.6. The Hall–Kier alpha value is -4.59. The highest BCUT2D eigenvalue weighted by atomic mass is 19.4. The van der Waals surface area contributed by atoms with Crippen LogP contribution in [0.1, 0.15) is 6.23 Å². The minimum atomic E-state index is -5.07. The molecule has 4 rings (SSSR count). The Labute approximate surface area is 239 Å². The fourth-order valence-electron chi connectivity index (χ4n) is 3.98. The first-order valence-corrected chi connectivity index (χ1v) is 12.6. The van der Waals surface area contributed by atoms with E-state index in [-0.39, 0.29) is 23.7 Å². The standard InChI is InChI=1S/C24H26F3N7O9/c25-24(26,27)22(40)29-7-6-28-14(36)9-42-18-17(38)13(8-35)43-21(18)34-11-30-16-19(34)32-23(33-20(16)39)31-15(37)10-41-12-4-2-1-3-5-12/h1-5,11,13,17-18,21,35,38H,6-10H2,(H,28,36)(H,29,40)(H2,31,32,33,37,39)/t13-,17-,18-,21-/m1/s1. The summed E-state index contributed by atoms with van der Waals surface area (Å²) in [7, 11) is 0. The number of nitrogens with zero attached hydrogens (tertiary/aromatic N) is 3. The van der Waals surface area contributed by atoms with E-state index >= 15 is 0 Å². The third kappa shape index (κ3) is 7.83. The highest BCUT2D eigenvalue weighted by Crippen LogP contribution is 2.33. The van der Waals surface area contributed by atoms with Crippen molar-refractivity contribution in [3.8, 4) is 5.75 Å². The molecule has 0 saturated carbocycles. The number of hydrogen-bond acceptors (Lipinski definition) is 11. The lowest BCUT2D eigenvalue weighted by molar-refractivity contribution is -0.173. The van der Waals surface area contributed by atoms with E-state index in [0.717, 1.165) is 6.33 Å². The quantitative estimate of drug-likeness (QED) is 0.130. The second-order valence-electron chi connectivity index (χ2n) is 9.01. The van der Waals surface area contributed by atoms with Gasteiger partial charge < -0.3 is 35.1 Å². The maximum absolute atomic E-state index is 12.6. The first-order chi connectivity index (χ1) is 20.5. The van der Waals surface area contributed by atoms with E-state index in [0.29, 0.717) is 5.75 Å². The lowest BCUT2D eigenvalue weighted by atomic mass is 10.1. The molecule has 3 amide bonds. The fraction of sp³-hybridized carbons (Fsp3) is 0.417. The number of alkyl halides is 3. The molecular weight excluding hydrogens is 587 g/mol. The van der Waals surface area contributed by atoms with Crippen LogP contribution in [-0.2, 0) is 23.9 Å². The van der Waals surface area contributed by atoms with Crippen LogP contribution in [0.5, 0.6) is 5.75 Å². The second-order valence-corrected chi connectivity index (χ2v) is 9.01. The minimum Gasteiger partial charge on any atom is -0.484 e. The number of carbonyl (C=O) groups is 3. The fourth-order valence-corrected chi connectivity index (χ4v) is 3.98. The molecule has 0 spiro atoms. The van der Waals surface area contributed by atoms with E-state index in [9.17, 15) is 42.6 Å². The number of carbonyl (C=O) groups excluding carboxylic acids is 3. The van der Waals surface area contributed by atoms with Crippen molar-refractivity contribution in [2.24, 2.45) is 0 Å². The number of fused-ring (bicyclic) bond motifs is 1. The van der Waals surface area contributed by atoms with Gasteiger partial charge in [-0.15, -0.1) is 0 Å². The molecule has 1 aliphatic heterocycles. The Morgan fingerprint density at radius 1 is 1.09 bits per heavy atom. The number of nitrogens with one attached hydrogen (secondary N) is 4. The van der Waals surface area contributed by atoms with E-state index in [1.165, 1.54) is 4.57 Å². The van der Waals surface area contributed by atoms with Gasteiger partial charge in [0.25, 0.3) is 11.5 Å². The van der Waals surface area contributed by atoms with E-state index in [1.54, 1.807) is 35.6 Å². The number of hydrogen-bond donors (Lipinski definition) is 6. The summed E-state index contributed by atoms with van der Waals surface area (Å²) in [5, 5.41) is 26.5. The second kappa shape index (κ2) is 13.6. The summed E-state index contributed by atoms with van der Waals surface area (Å²) in [6, 6.07) is 8.51. The molecule has 1 fully saturated rings. The number of aromatic nitrogens is 4. The number of rotatable bonds is 12. The predicted molar refractivity (Wildman–Crippen MR) is 138 cm³/mol. The van der Waals surface area contributed by atoms with Gasteiger partial charge in [-0.2, -0.15) is 18.2 Å². The molecule has 0 unspecified atom stereocenters.